The van der Waals surface area contributed by atoms with Gasteiger partial charge in [-0.05, 0) is 12.1 Å². The Bertz CT molecular complexity index is 447. The molecule has 17 heavy (non-hydrogen) atoms. The van der Waals surface area contributed by atoms with Crippen LogP contribution in [0.3, 0.4) is 0 Å². The summed E-state index contributed by atoms with van der Waals surface area (Å²) in [6, 6.07) is 1.01. The Labute approximate surface area is 90.7 Å². The quantitative estimate of drug-likeness (QED) is 0.723. The van der Waals surface area contributed by atoms with Crippen LogP contribution in [0.2, 0.25) is 0 Å². The Hall–Kier alpha value is -1.91. The van der Waals surface area contributed by atoms with Crippen molar-refractivity contribution >= 4 is 0 Å². The lowest BCUT2D eigenvalue weighted by molar-refractivity contribution is -0.143. The van der Waals surface area contributed by atoms with Gasteiger partial charge in [-0.2, -0.15) is 31.6 Å². The molecule has 1 rings (SSSR count). The molecule has 0 saturated carbocycles. The van der Waals surface area contributed by atoms with E-state index in [0.29, 0.717) is 0 Å². The molecule has 0 aliphatic heterocycles. The van der Waals surface area contributed by atoms with Crippen LogP contribution in [0.25, 0.3) is 0 Å². The third-order valence-electron chi connectivity index (χ3n) is 1.85. The van der Waals surface area contributed by atoms with Crippen LogP contribution in [0.5, 0.6) is 5.75 Å². The highest BCUT2D eigenvalue weighted by atomic mass is 19.4. The molecule has 1 aromatic rings. The molecule has 0 amide bonds. The largest absolute Gasteiger partial charge is 0.508 e. The second-order valence-corrected chi connectivity index (χ2v) is 3.02. The minimum atomic E-state index is -5.15. The fourth-order valence-electron chi connectivity index (χ4n) is 1.19. The Morgan fingerprint density at radius 3 is 1.53 bits per heavy atom. The molecule has 0 aliphatic carbocycles. The average molecular weight is 255 g/mol. The van der Waals surface area contributed by atoms with E-state index in [1.54, 1.807) is 0 Å². The fraction of sp³-hybridized carbons (Fsp3) is 0.222. The molecule has 8 heteroatoms. The van der Waals surface area contributed by atoms with Crippen molar-refractivity contribution in [3.8, 4) is 11.8 Å². The molecule has 0 aliphatic rings. The van der Waals surface area contributed by atoms with Gasteiger partial charge in [-0.3, -0.25) is 0 Å². The number of phenols is 1. The Kier molecular flexibility index (Phi) is 2.97. The van der Waals surface area contributed by atoms with Gasteiger partial charge >= 0.3 is 12.4 Å². The van der Waals surface area contributed by atoms with Crippen molar-refractivity contribution in [1.29, 1.82) is 5.26 Å². The third kappa shape index (κ3) is 2.61. The predicted octanol–water partition coefficient (Wildman–Crippen LogP) is 3.30. The predicted molar refractivity (Wildman–Crippen MR) is 42.8 cm³/mol. The van der Waals surface area contributed by atoms with Crippen LogP contribution in [-0.2, 0) is 12.4 Å². The standard InChI is InChI=1S/C9H3F6NO/c10-8(11,12)6-1-4(17)2-7(5(6)3-16)9(13,14)15/h1-2,17H. The smallest absolute Gasteiger partial charge is 0.417 e. The number of hydrogen-bond donors (Lipinski definition) is 1. The summed E-state index contributed by atoms with van der Waals surface area (Å²) < 4.78 is 74.1. The highest BCUT2D eigenvalue weighted by Crippen LogP contribution is 2.41. The molecule has 0 atom stereocenters. The number of alkyl halides is 6. The maximum atomic E-state index is 12.4. The lowest BCUT2D eigenvalue weighted by Gasteiger charge is -2.14. The number of phenolic OH excluding ortho intramolecular Hbond substituents is 1. The number of nitrogens with zero attached hydrogens (tertiary/aromatic N) is 1. The molecule has 0 unspecified atom stereocenters. The zero-order valence-corrected chi connectivity index (χ0v) is 7.82. The zero-order chi connectivity index (χ0) is 13.4. The molecule has 0 spiro atoms. The van der Waals surface area contributed by atoms with Crippen LogP contribution in [0.1, 0.15) is 16.7 Å². The number of hydrogen-bond acceptors (Lipinski definition) is 2. The Morgan fingerprint density at radius 2 is 1.29 bits per heavy atom. The number of halogens is 6. The summed E-state index contributed by atoms with van der Waals surface area (Å²) in [6.45, 7) is 0. The first kappa shape index (κ1) is 13.2. The minimum Gasteiger partial charge on any atom is -0.508 e. The highest BCUT2D eigenvalue weighted by Gasteiger charge is 2.41. The summed E-state index contributed by atoms with van der Waals surface area (Å²) in [4.78, 5) is 0. The first-order valence-corrected chi connectivity index (χ1v) is 3.99. The van der Waals surface area contributed by atoms with E-state index < -0.39 is 34.8 Å². The van der Waals surface area contributed by atoms with Crippen molar-refractivity contribution in [3.63, 3.8) is 0 Å². The van der Waals surface area contributed by atoms with Gasteiger partial charge in [0.2, 0.25) is 0 Å². The molecule has 2 nitrogen and oxygen atoms in total. The zero-order valence-electron chi connectivity index (χ0n) is 7.82. The van der Waals surface area contributed by atoms with Gasteiger partial charge in [0.1, 0.15) is 11.8 Å². The molecule has 0 saturated heterocycles. The SMILES string of the molecule is N#Cc1c(C(F)(F)F)cc(O)cc1C(F)(F)F. The number of rotatable bonds is 0. The van der Waals surface area contributed by atoms with Crippen molar-refractivity contribution in [2.45, 2.75) is 12.4 Å². The van der Waals surface area contributed by atoms with E-state index in [1.165, 1.54) is 0 Å². The van der Waals surface area contributed by atoms with Crippen LogP contribution >= 0.6 is 0 Å². The molecule has 0 heterocycles. The molecule has 1 N–H and O–H groups in total. The van der Waals surface area contributed by atoms with Gasteiger partial charge in [0.05, 0.1) is 16.7 Å². The monoisotopic (exact) mass is 255 g/mol. The van der Waals surface area contributed by atoms with Crippen LogP contribution in [0.4, 0.5) is 26.3 Å². The number of nitriles is 1. The molecule has 92 valence electrons. The van der Waals surface area contributed by atoms with E-state index in [1.807, 2.05) is 0 Å². The summed E-state index contributed by atoms with van der Waals surface area (Å²) in [7, 11) is 0. The van der Waals surface area contributed by atoms with E-state index >= 15 is 0 Å². The summed E-state index contributed by atoms with van der Waals surface area (Å²) in [5, 5.41) is 17.2. The lowest BCUT2D eigenvalue weighted by Crippen LogP contribution is -2.14. The van der Waals surface area contributed by atoms with E-state index in [2.05, 4.69) is 0 Å². The second kappa shape index (κ2) is 3.84. The lowest BCUT2D eigenvalue weighted by atomic mass is 10.0. The highest BCUT2D eigenvalue weighted by molar-refractivity contribution is 5.51. The second-order valence-electron chi connectivity index (χ2n) is 3.02. The molecule has 1 aromatic carbocycles. The van der Waals surface area contributed by atoms with Gasteiger partial charge in [-0.25, -0.2) is 0 Å². The maximum Gasteiger partial charge on any atom is 0.417 e. The van der Waals surface area contributed by atoms with E-state index in [9.17, 15) is 26.3 Å². The molecule has 0 radical (unpaired) electrons. The molecular formula is C9H3F6NO. The Morgan fingerprint density at radius 1 is 0.941 bits per heavy atom. The van der Waals surface area contributed by atoms with Crippen molar-refractivity contribution in [2.75, 3.05) is 0 Å². The van der Waals surface area contributed by atoms with E-state index in [-0.39, 0.29) is 12.1 Å². The Balaban J connectivity index is 3.66. The summed E-state index contributed by atoms with van der Waals surface area (Å²) in [5.74, 6) is -1.20. The summed E-state index contributed by atoms with van der Waals surface area (Å²) in [5.41, 5.74) is -5.18. The fourth-order valence-corrected chi connectivity index (χ4v) is 1.19. The van der Waals surface area contributed by atoms with Crippen LogP contribution in [0, 0.1) is 11.3 Å². The molecule has 0 bridgehead atoms. The van der Waals surface area contributed by atoms with Crippen molar-refractivity contribution < 1.29 is 31.4 Å². The van der Waals surface area contributed by atoms with Crippen LogP contribution < -0.4 is 0 Å². The van der Waals surface area contributed by atoms with Crippen molar-refractivity contribution in [2.24, 2.45) is 0 Å². The summed E-state index contributed by atoms with van der Waals surface area (Å²) >= 11 is 0. The average Bonchev–Trinajstić information content (AvgIpc) is 2.13. The van der Waals surface area contributed by atoms with Gasteiger partial charge in [-0.15, -0.1) is 0 Å². The maximum absolute atomic E-state index is 12.4. The molecular weight excluding hydrogens is 252 g/mol. The topological polar surface area (TPSA) is 44.0 Å². The van der Waals surface area contributed by atoms with Crippen molar-refractivity contribution in [3.05, 3.63) is 28.8 Å². The molecule has 0 fully saturated rings. The van der Waals surface area contributed by atoms with Gasteiger partial charge < -0.3 is 5.11 Å². The first-order valence-electron chi connectivity index (χ1n) is 3.99. The van der Waals surface area contributed by atoms with Crippen molar-refractivity contribution in [1.82, 2.24) is 0 Å². The van der Waals surface area contributed by atoms with Gasteiger partial charge in [0.25, 0.3) is 0 Å². The van der Waals surface area contributed by atoms with Gasteiger partial charge in [0, 0.05) is 0 Å². The van der Waals surface area contributed by atoms with Gasteiger partial charge in [0.15, 0.2) is 0 Å². The first-order chi connectivity index (χ1) is 7.57. The normalized spacial score (nSPS) is 12.3. The summed E-state index contributed by atoms with van der Waals surface area (Å²) in [6.07, 6.45) is -10.3. The van der Waals surface area contributed by atoms with E-state index in [4.69, 9.17) is 10.4 Å². The third-order valence-corrected chi connectivity index (χ3v) is 1.85. The number of aromatic hydroxyl groups is 1. The van der Waals surface area contributed by atoms with E-state index in [0.717, 1.165) is 6.07 Å². The molecule has 0 aromatic heterocycles. The minimum absolute atomic E-state index is 0.0772. The van der Waals surface area contributed by atoms with Crippen LogP contribution in [-0.4, -0.2) is 5.11 Å². The van der Waals surface area contributed by atoms with Crippen LogP contribution in [0.15, 0.2) is 12.1 Å². The van der Waals surface area contributed by atoms with Gasteiger partial charge in [-0.1, -0.05) is 0 Å². The number of benzene rings is 1.